The van der Waals surface area contributed by atoms with Crippen molar-refractivity contribution in [3.8, 4) is 0 Å². The van der Waals surface area contributed by atoms with Gasteiger partial charge in [0.25, 0.3) is 0 Å². The zero-order chi connectivity index (χ0) is 7.61. The van der Waals surface area contributed by atoms with Crippen molar-refractivity contribution < 1.29 is 4.74 Å². The van der Waals surface area contributed by atoms with E-state index in [0.29, 0.717) is 5.92 Å². The molecule has 0 bridgehead atoms. The zero-order valence-corrected chi connectivity index (χ0v) is 6.89. The van der Waals surface area contributed by atoms with E-state index in [1.54, 1.807) is 0 Å². The van der Waals surface area contributed by atoms with Gasteiger partial charge in [-0.05, 0) is 24.3 Å². The Hall–Kier alpha value is -0.0800. The highest BCUT2D eigenvalue weighted by Crippen LogP contribution is 2.31. The summed E-state index contributed by atoms with van der Waals surface area (Å²) in [6.45, 7) is 7.03. The molecule has 0 saturated carbocycles. The molecule has 1 atom stereocenters. The molecule has 0 aromatic heterocycles. The molecule has 0 aromatic carbocycles. The van der Waals surface area contributed by atoms with Gasteiger partial charge in [-0.2, -0.15) is 0 Å². The number of nitrogens with two attached hydrogens (primary N) is 1. The summed E-state index contributed by atoms with van der Waals surface area (Å²) in [5.74, 6) is 0.678. The van der Waals surface area contributed by atoms with Crippen molar-refractivity contribution in [1.82, 2.24) is 0 Å². The number of ether oxygens (including phenoxy) is 1. The van der Waals surface area contributed by atoms with Crippen LogP contribution in [0.25, 0.3) is 0 Å². The Labute approximate surface area is 62.7 Å². The first-order chi connectivity index (χ1) is 4.67. The third-order valence-electron chi connectivity index (χ3n) is 2.56. The second-order valence-electron chi connectivity index (χ2n) is 3.75. The summed E-state index contributed by atoms with van der Waals surface area (Å²) in [5.41, 5.74) is 5.90. The average Bonchev–Trinajstić information content (AvgIpc) is 2.38. The van der Waals surface area contributed by atoms with Crippen LogP contribution in [0.1, 0.15) is 20.3 Å². The van der Waals surface area contributed by atoms with Gasteiger partial charge in [0.1, 0.15) is 0 Å². The normalized spacial score (nSPS) is 27.3. The third-order valence-corrected chi connectivity index (χ3v) is 2.56. The van der Waals surface area contributed by atoms with Gasteiger partial charge < -0.3 is 10.5 Å². The molecule has 1 rings (SSSR count). The average molecular weight is 143 g/mol. The molecule has 0 aromatic rings. The van der Waals surface area contributed by atoms with Gasteiger partial charge in [-0.15, -0.1) is 0 Å². The van der Waals surface area contributed by atoms with Crippen molar-refractivity contribution in [3.63, 3.8) is 0 Å². The predicted octanol–water partition coefficient (Wildman–Crippen LogP) is 1.01. The molecule has 2 N–H and O–H groups in total. The van der Waals surface area contributed by atoms with Gasteiger partial charge in [-0.25, -0.2) is 0 Å². The maximum Gasteiger partial charge on any atom is 0.0500 e. The SMILES string of the molecule is CC(C)(CN)[C@@H]1CCOC1. The van der Waals surface area contributed by atoms with E-state index in [-0.39, 0.29) is 5.41 Å². The van der Waals surface area contributed by atoms with Crippen LogP contribution in [0.5, 0.6) is 0 Å². The lowest BCUT2D eigenvalue weighted by atomic mass is 9.78. The molecule has 0 radical (unpaired) electrons. The van der Waals surface area contributed by atoms with E-state index in [4.69, 9.17) is 10.5 Å². The molecule has 1 saturated heterocycles. The third kappa shape index (κ3) is 1.50. The minimum absolute atomic E-state index is 0.274. The highest BCUT2D eigenvalue weighted by Gasteiger charge is 2.30. The zero-order valence-electron chi connectivity index (χ0n) is 6.89. The molecule has 1 aliphatic heterocycles. The summed E-state index contributed by atoms with van der Waals surface area (Å²) in [7, 11) is 0. The molecule has 0 unspecified atom stereocenters. The highest BCUT2D eigenvalue weighted by atomic mass is 16.5. The Balaban J connectivity index is 2.45. The summed E-state index contributed by atoms with van der Waals surface area (Å²) < 4.78 is 5.29. The fourth-order valence-corrected chi connectivity index (χ4v) is 1.32. The van der Waals surface area contributed by atoms with Crippen LogP contribution in [-0.4, -0.2) is 19.8 Å². The molecule has 2 heteroatoms. The predicted molar refractivity (Wildman–Crippen MR) is 41.8 cm³/mol. The van der Waals surface area contributed by atoms with Crippen LogP contribution in [0.4, 0.5) is 0 Å². The van der Waals surface area contributed by atoms with E-state index < -0.39 is 0 Å². The first-order valence-corrected chi connectivity index (χ1v) is 3.94. The standard InChI is InChI=1S/C8H17NO/c1-8(2,6-9)7-3-4-10-5-7/h7H,3-6,9H2,1-2H3/t7-/m1/s1. The summed E-state index contributed by atoms with van der Waals surface area (Å²) >= 11 is 0. The lowest BCUT2D eigenvalue weighted by Crippen LogP contribution is -2.32. The topological polar surface area (TPSA) is 35.2 Å². The molecule has 1 aliphatic rings. The van der Waals surface area contributed by atoms with Crippen molar-refractivity contribution in [2.75, 3.05) is 19.8 Å². The first kappa shape index (κ1) is 8.02. The van der Waals surface area contributed by atoms with E-state index in [1.807, 2.05) is 0 Å². The first-order valence-electron chi connectivity index (χ1n) is 3.94. The lowest BCUT2D eigenvalue weighted by molar-refractivity contribution is 0.147. The number of hydrogen-bond acceptors (Lipinski definition) is 2. The maximum absolute atomic E-state index is 5.63. The summed E-state index contributed by atoms with van der Waals surface area (Å²) in [5, 5.41) is 0. The van der Waals surface area contributed by atoms with Crippen LogP contribution in [0, 0.1) is 11.3 Å². The fourth-order valence-electron chi connectivity index (χ4n) is 1.32. The van der Waals surface area contributed by atoms with Crippen LogP contribution in [0.2, 0.25) is 0 Å². The minimum Gasteiger partial charge on any atom is -0.381 e. The Morgan fingerprint density at radius 3 is 2.70 bits per heavy atom. The van der Waals surface area contributed by atoms with Crippen LogP contribution in [0.15, 0.2) is 0 Å². The molecule has 0 aliphatic carbocycles. The van der Waals surface area contributed by atoms with E-state index >= 15 is 0 Å². The van der Waals surface area contributed by atoms with Gasteiger partial charge in [-0.1, -0.05) is 13.8 Å². The molecule has 60 valence electrons. The largest absolute Gasteiger partial charge is 0.381 e. The monoisotopic (exact) mass is 143 g/mol. The number of hydrogen-bond donors (Lipinski definition) is 1. The van der Waals surface area contributed by atoms with Crippen molar-refractivity contribution >= 4 is 0 Å². The summed E-state index contributed by atoms with van der Waals surface area (Å²) in [6, 6.07) is 0. The minimum atomic E-state index is 0.274. The molecule has 1 heterocycles. The smallest absolute Gasteiger partial charge is 0.0500 e. The van der Waals surface area contributed by atoms with Gasteiger partial charge >= 0.3 is 0 Å². The second kappa shape index (κ2) is 2.89. The second-order valence-corrected chi connectivity index (χ2v) is 3.75. The molecule has 10 heavy (non-hydrogen) atoms. The Kier molecular flexibility index (Phi) is 2.32. The van der Waals surface area contributed by atoms with Crippen LogP contribution in [-0.2, 0) is 4.74 Å². The van der Waals surface area contributed by atoms with Gasteiger partial charge in [-0.3, -0.25) is 0 Å². The van der Waals surface area contributed by atoms with Gasteiger partial charge in [0, 0.05) is 6.61 Å². The molecule has 0 amide bonds. The molecule has 2 nitrogen and oxygen atoms in total. The highest BCUT2D eigenvalue weighted by molar-refractivity contribution is 4.81. The number of rotatable bonds is 2. The van der Waals surface area contributed by atoms with Crippen molar-refractivity contribution in [3.05, 3.63) is 0 Å². The van der Waals surface area contributed by atoms with Crippen LogP contribution >= 0.6 is 0 Å². The van der Waals surface area contributed by atoms with E-state index in [1.165, 1.54) is 6.42 Å². The lowest BCUT2D eigenvalue weighted by Gasteiger charge is -2.28. The fraction of sp³-hybridized carbons (Fsp3) is 1.00. The molecular formula is C8H17NO. The van der Waals surface area contributed by atoms with E-state index in [0.717, 1.165) is 19.8 Å². The summed E-state index contributed by atoms with van der Waals surface area (Å²) in [6.07, 6.45) is 1.18. The Morgan fingerprint density at radius 1 is 1.60 bits per heavy atom. The molecule has 0 spiro atoms. The van der Waals surface area contributed by atoms with Crippen molar-refractivity contribution in [1.29, 1.82) is 0 Å². The van der Waals surface area contributed by atoms with Crippen molar-refractivity contribution in [2.45, 2.75) is 20.3 Å². The van der Waals surface area contributed by atoms with Gasteiger partial charge in [0.2, 0.25) is 0 Å². The molecular weight excluding hydrogens is 126 g/mol. The molecule has 1 fully saturated rings. The quantitative estimate of drug-likeness (QED) is 0.626. The maximum atomic E-state index is 5.63. The van der Waals surface area contributed by atoms with E-state index in [9.17, 15) is 0 Å². The summed E-state index contributed by atoms with van der Waals surface area (Å²) in [4.78, 5) is 0. The Bertz CT molecular complexity index is 106. The van der Waals surface area contributed by atoms with Crippen LogP contribution < -0.4 is 5.73 Å². The van der Waals surface area contributed by atoms with Gasteiger partial charge in [0.15, 0.2) is 0 Å². The van der Waals surface area contributed by atoms with Crippen molar-refractivity contribution in [2.24, 2.45) is 17.1 Å². The van der Waals surface area contributed by atoms with E-state index in [2.05, 4.69) is 13.8 Å². The van der Waals surface area contributed by atoms with Crippen LogP contribution in [0.3, 0.4) is 0 Å². The van der Waals surface area contributed by atoms with Gasteiger partial charge in [0.05, 0.1) is 6.61 Å². The Morgan fingerprint density at radius 2 is 2.30 bits per heavy atom.